The summed E-state index contributed by atoms with van der Waals surface area (Å²) in [7, 11) is -2.20. The monoisotopic (exact) mass is 435 g/mol. The molecule has 156 valence electrons. The lowest BCUT2D eigenvalue weighted by molar-refractivity contribution is -0.139. The van der Waals surface area contributed by atoms with Gasteiger partial charge in [-0.15, -0.1) is 0 Å². The number of rotatable bonds is 8. The van der Waals surface area contributed by atoms with Crippen LogP contribution in [0.1, 0.15) is 36.8 Å². The van der Waals surface area contributed by atoms with Gasteiger partial charge in [0, 0.05) is 11.6 Å². The van der Waals surface area contributed by atoms with Crippen LogP contribution in [-0.4, -0.2) is 28.0 Å². The van der Waals surface area contributed by atoms with Crippen molar-refractivity contribution in [3.63, 3.8) is 0 Å². The molecule has 0 bridgehead atoms. The van der Waals surface area contributed by atoms with Crippen molar-refractivity contribution in [2.45, 2.75) is 43.4 Å². The molecular formula is C22H26ClNO4S. The van der Waals surface area contributed by atoms with Crippen molar-refractivity contribution in [2.24, 2.45) is 5.41 Å². The third-order valence-corrected chi connectivity index (χ3v) is 7.27. The molecule has 29 heavy (non-hydrogen) atoms. The highest BCUT2D eigenvalue weighted by atomic mass is 35.5. The van der Waals surface area contributed by atoms with Gasteiger partial charge < -0.3 is 4.74 Å². The van der Waals surface area contributed by atoms with Crippen LogP contribution in [-0.2, 0) is 32.4 Å². The summed E-state index contributed by atoms with van der Waals surface area (Å²) >= 11 is 5.86. The molecule has 0 unspecified atom stereocenters. The lowest BCUT2D eigenvalue weighted by Crippen LogP contribution is -2.37. The number of halogens is 1. The maximum Gasteiger partial charge on any atom is 0.309 e. The Hall–Kier alpha value is -1.89. The zero-order valence-corrected chi connectivity index (χ0v) is 18.1. The highest BCUT2D eigenvalue weighted by Gasteiger charge is 2.35. The highest BCUT2D eigenvalue weighted by Crippen LogP contribution is 2.40. The molecule has 3 rings (SSSR count). The van der Waals surface area contributed by atoms with E-state index in [1.165, 1.54) is 19.2 Å². The van der Waals surface area contributed by atoms with Crippen LogP contribution in [0.25, 0.3) is 0 Å². The van der Waals surface area contributed by atoms with Crippen LogP contribution in [0, 0.1) is 5.41 Å². The van der Waals surface area contributed by atoms with Gasteiger partial charge in [0.15, 0.2) is 0 Å². The zero-order valence-electron chi connectivity index (χ0n) is 16.5. The first-order chi connectivity index (χ1) is 13.8. The fourth-order valence-electron chi connectivity index (χ4n) is 3.93. The fourth-order valence-corrected chi connectivity index (χ4v) is 5.22. The van der Waals surface area contributed by atoms with E-state index in [4.69, 9.17) is 16.3 Å². The molecule has 1 aliphatic rings. The third kappa shape index (κ3) is 5.81. The first-order valence-corrected chi connectivity index (χ1v) is 11.6. The van der Waals surface area contributed by atoms with Crippen molar-refractivity contribution < 1.29 is 17.9 Å². The van der Waals surface area contributed by atoms with Gasteiger partial charge in [-0.1, -0.05) is 48.7 Å². The van der Waals surface area contributed by atoms with Crippen molar-refractivity contribution in [1.29, 1.82) is 0 Å². The van der Waals surface area contributed by atoms with Gasteiger partial charge in [0.2, 0.25) is 10.0 Å². The van der Waals surface area contributed by atoms with Crippen LogP contribution >= 0.6 is 11.6 Å². The largest absolute Gasteiger partial charge is 0.469 e. The van der Waals surface area contributed by atoms with E-state index in [1.807, 2.05) is 24.3 Å². The van der Waals surface area contributed by atoms with E-state index in [9.17, 15) is 13.2 Å². The molecule has 1 N–H and O–H groups in total. The topological polar surface area (TPSA) is 72.5 Å². The number of ether oxygens (including phenoxy) is 1. The smallest absolute Gasteiger partial charge is 0.309 e. The maximum atomic E-state index is 12.7. The van der Waals surface area contributed by atoms with Gasteiger partial charge in [0.05, 0.1) is 18.4 Å². The number of benzene rings is 2. The first kappa shape index (κ1) is 21.8. The average Bonchev–Trinajstić information content (AvgIpc) is 3.17. The van der Waals surface area contributed by atoms with Gasteiger partial charge in [-0.25, -0.2) is 13.1 Å². The van der Waals surface area contributed by atoms with E-state index in [0.29, 0.717) is 11.6 Å². The molecule has 0 heterocycles. The number of nitrogens with one attached hydrogen (secondary N) is 1. The van der Waals surface area contributed by atoms with Crippen LogP contribution in [0.3, 0.4) is 0 Å². The van der Waals surface area contributed by atoms with Crippen molar-refractivity contribution in [1.82, 2.24) is 4.72 Å². The first-order valence-electron chi connectivity index (χ1n) is 9.72. The molecule has 0 saturated heterocycles. The minimum Gasteiger partial charge on any atom is -0.469 e. The summed E-state index contributed by atoms with van der Waals surface area (Å²) < 4.78 is 32.9. The van der Waals surface area contributed by atoms with Gasteiger partial charge in [-0.3, -0.25) is 4.79 Å². The average molecular weight is 436 g/mol. The van der Waals surface area contributed by atoms with E-state index in [1.54, 1.807) is 12.1 Å². The molecule has 0 amide bonds. The molecule has 1 fully saturated rings. The number of hydrogen-bond acceptors (Lipinski definition) is 4. The van der Waals surface area contributed by atoms with E-state index < -0.39 is 10.0 Å². The van der Waals surface area contributed by atoms with Crippen LogP contribution in [0.2, 0.25) is 5.02 Å². The zero-order chi connectivity index (χ0) is 20.9. The summed E-state index contributed by atoms with van der Waals surface area (Å²) in [6.07, 6.45) is 5.23. The van der Waals surface area contributed by atoms with Crippen LogP contribution in [0.15, 0.2) is 53.4 Å². The van der Waals surface area contributed by atoms with Gasteiger partial charge in [-0.2, -0.15) is 0 Å². The number of carbonyl (C=O) groups excluding carboxylic acids is 1. The molecule has 0 radical (unpaired) electrons. The molecule has 0 atom stereocenters. The fraction of sp³-hybridized carbons (Fsp3) is 0.409. The molecule has 1 saturated carbocycles. The van der Waals surface area contributed by atoms with E-state index in [-0.39, 0.29) is 22.7 Å². The molecular weight excluding hydrogens is 410 g/mol. The van der Waals surface area contributed by atoms with Gasteiger partial charge >= 0.3 is 5.97 Å². The molecule has 5 nitrogen and oxygen atoms in total. The predicted molar refractivity (Wildman–Crippen MR) is 113 cm³/mol. The summed E-state index contributed by atoms with van der Waals surface area (Å²) in [5.74, 6) is -0.262. The van der Waals surface area contributed by atoms with Crippen LogP contribution in [0.5, 0.6) is 0 Å². The Kier molecular flexibility index (Phi) is 6.98. The van der Waals surface area contributed by atoms with E-state index >= 15 is 0 Å². The second-order valence-electron chi connectivity index (χ2n) is 7.73. The lowest BCUT2D eigenvalue weighted by Gasteiger charge is -2.29. The standard InChI is InChI=1S/C22H26ClNO4S/c1-28-21(25)14-17-4-6-18(7-5-17)15-22(12-2-3-13-22)16-24-29(26,27)20-10-8-19(23)9-11-20/h4-11,24H,2-3,12-16H2,1H3. The SMILES string of the molecule is COC(=O)Cc1ccc(CC2(CNS(=O)(=O)c3ccc(Cl)cc3)CCCC2)cc1. The third-order valence-electron chi connectivity index (χ3n) is 5.60. The molecule has 0 spiro atoms. The number of hydrogen-bond donors (Lipinski definition) is 1. The quantitative estimate of drug-likeness (QED) is 0.632. The number of esters is 1. The minimum atomic E-state index is -3.58. The van der Waals surface area contributed by atoms with E-state index in [0.717, 1.165) is 43.2 Å². The molecule has 0 aromatic heterocycles. The Morgan fingerprint density at radius 2 is 1.62 bits per heavy atom. The van der Waals surface area contributed by atoms with E-state index in [2.05, 4.69) is 4.72 Å². The summed E-state index contributed by atoms with van der Waals surface area (Å²) in [6, 6.07) is 14.1. The van der Waals surface area contributed by atoms with Crippen molar-refractivity contribution in [3.05, 3.63) is 64.7 Å². The van der Waals surface area contributed by atoms with Crippen LogP contribution in [0.4, 0.5) is 0 Å². The Bertz CT molecular complexity index is 934. The number of sulfonamides is 1. The van der Waals surface area contributed by atoms with Gasteiger partial charge in [-0.05, 0) is 60.1 Å². The molecule has 1 aliphatic carbocycles. The van der Waals surface area contributed by atoms with Crippen molar-refractivity contribution >= 4 is 27.6 Å². The summed E-state index contributed by atoms with van der Waals surface area (Å²) in [6.45, 7) is 0.405. The number of methoxy groups -OCH3 is 1. The maximum absolute atomic E-state index is 12.7. The van der Waals surface area contributed by atoms with Crippen molar-refractivity contribution in [2.75, 3.05) is 13.7 Å². The molecule has 2 aromatic carbocycles. The minimum absolute atomic E-state index is 0.0939. The number of carbonyl (C=O) groups is 1. The summed E-state index contributed by atoms with van der Waals surface area (Å²) in [4.78, 5) is 11.6. The Morgan fingerprint density at radius 1 is 1.03 bits per heavy atom. The van der Waals surface area contributed by atoms with Gasteiger partial charge in [0.25, 0.3) is 0 Å². The second kappa shape index (κ2) is 9.28. The molecule has 2 aromatic rings. The Balaban J connectivity index is 1.68. The summed E-state index contributed by atoms with van der Waals surface area (Å²) in [5.41, 5.74) is 1.96. The molecule has 7 heteroatoms. The van der Waals surface area contributed by atoms with Crippen LogP contribution < -0.4 is 4.72 Å². The lowest BCUT2D eigenvalue weighted by atomic mass is 9.80. The Morgan fingerprint density at radius 3 is 2.21 bits per heavy atom. The molecule has 0 aliphatic heterocycles. The van der Waals surface area contributed by atoms with Gasteiger partial charge in [0.1, 0.15) is 0 Å². The Labute approximate surface area is 177 Å². The highest BCUT2D eigenvalue weighted by molar-refractivity contribution is 7.89. The normalized spacial score (nSPS) is 15.9. The van der Waals surface area contributed by atoms with Crippen molar-refractivity contribution in [3.8, 4) is 0 Å². The predicted octanol–water partition coefficient (Wildman–Crippen LogP) is 4.14. The second-order valence-corrected chi connectivity index (χ2v) is 9.94. The summed E-state index contributed by atoms with van der Waals surface area (Å²) in [5, 5.41) is 0.506.